The van der Waals surface area contributed by atoms with Gasteiger partial charge >= 0.3 is 0 Å². The third-order valence-corrected chi connectivity index (χ3v) is 1.27. The molecule has 2 nitrogen and oxygen atoms in total. The molecular formula is C8H18O2. The Bertz CT molecular complexity index is 71.7. The first-order chi connectivity index (χ1) is 4.66. The third kappa shape index (κ3) is 6.05. The van der Waals surface area contributed by atoms with Gasteiger partial charge in [-0.05, 0) is 33.6 Å². The van der Waals surface area contributed by atoms with Crippen LogP contribution in [-0.2, 0) is 4.74 Å². The lowest BCUT2D eigenvalue weighted by molar-refractivity contribution is 0.0111. The van der Waals surface area contributed by atoms with Gasteiger partial charge in [0.15, 0.2) is 0 Å². The Labute approximate surface area is 63.2 Å². The summed E-state index contributed by atoms with van der Waals surface area (Å²) in [6, 6.07) is 0. The van der Waals surface area contributed by atoms with E-state index in [4.69, 9.17) is 9.84 Å². The van der Waals surface area contributed by atoms with E-state index in [0.29, 0.717) is 6.10 Å². The van der Waals surface area contributed by atoms with Gasteiger partial charge in [-0.1, -0.05) is 0 Å². The molecule has 0 aromatic carbocycles. The minimum absolute atomic E-state index is 0.270. The Balaban J connectivity index is 3.16. The molecule has 0 saturated heterocycles. The molecule has 0 heterocycles. The first-order valence-electron chi connectivity index (χ1n) is 3.93. The summed E-state index contributed by atoms with van der Waals surface area (Å²) in [6.45, 7) is 6.35. The summed E-state index contributed by atoms with van der Waals surface area (Å²) in [4.78, 5) is 0. The van der Waals surface area contributed by atoms with Gasteiger partial charge in [0.05, 0.1) is 12.2 Å². The van der Waals surface area contributed by atoms with E-state index < -0.39 is 0 Å². The predicted molar refractivity (Wildman–Crippen MR) is 42.0 cm³/mol. The van der Waals surface area contributed by atoms with E-state index in [1.54, 1.807) is 0 Å². The Hall–Kier alpha value is -0.0800. The average Bonchev–Trinajstić information content (AvgIpc) is 1.82. The fraction of sp³-hybridized carbons (Fsp3) is 1.00. The molecular weight excluding hydrogens is 128 g/mol. The van der Waals surface area contributed by atoms with Gasteiger partial charge in [0, 0.05) is 6.61 Å². The summed E-state index contributed by atoms with van der Waals surface area (Å²) in [5, 5.41) is 8.49. The molecule has 1 N–H and O–H groups in total. The van der Waals surface area contributed by atoms with Crippen molar-refractivity contribution in [2.24, 2.45) is 0 Å². The van der Waals surface area contributed by atoms with Gasteiger partial charge < -0.3 is 9.84 Å². The van der Waals surface area contributed by atoms with E-state index in [9.17, 15) is 0 Å². The van der Waals surface area contributed by atoms with Crippen LogP contribution < -0.4 is 0 Å². The molecule has 0 aromatic rings. The maximum Gasteiger partial charge on any atom is 0.0551 e. The maximum atomic E-state index is 8.49. The van der Waals surface area contributed by atoms with Crippen molar-refractivity contribution in [3.8, 4) is 0 Å². The van der Waals surface area contributed by atoms with Gasteiger partial charge in [-0.25, -0.2) is 0 Å². The van der Waals surface area contributed by atoms with Crippen molar-refractivity contribution in [1.29, 1.82) is 0 Å². The molecule has 62 valence electrons. The highest BCUT2D eigenvalue weighted by Gasteiger charge is 2.02. The molecule has 0 radical (unpaired) electrons. The van der Waals surface area contributed by atoms with Gasteiger partial charge in [-0.2, -0.15) is 0 Å². The van der Waals surface area contributed by atoms with Crippen LogP contribution in [0, 0.1) is 0 Å². The molecule has 0 spiro atoms. The number of aliphatic hydroxyl groups excluding tert-OH is 1. The zero-order valence-electron chi connectivity index (χ0n) is 7.13. The van der Waals surface area contributed by atoms with E-state index >= 15 is 0 Å². The normalized spacial score (nSPS) is 14.1. The monoisotopic (exact) mass is 146 g/mol. The quantitative estimate of drug-likeness (QED) is 0.638. The lowest BCUT2D eigenvalue weighted by Gasteiger charge is -2.14. The van der Waals surface area contributed by atoms with Crippen molar-refractivity contribution >= 4 is 0 Å². The molecule has 0 aliphatic rings. The number of aliphatic hydroxyl groups is 1. The molecule has 0 rings (SSSR count). The summed E-state index contributed by atoms with van der Waals surface area (Å²) in [5.41, 5.74) is 0. The molecule has 0 bridgehead atoms. The lowest BCUT2D eigenvalue weighted by Crippen LogP contribution is -2.14. The predicted octanol–water partition coefficient (Wildman–Crippen LogP) is 1.57. The molecule has 0 saturated carbocycles. The van der Waals surface area contributed by atoms with Crippen molar-refractivity contribution < 1.29 is 9.84 Å². The van der Waals surface area contributed by atoms with Crippen molar-refractivity contribution in [2.75, 3.05) is 6.61 Å². The molecule has 0 fully saturated rings. The van der Waals surface area contributed by atoms with E-state index in [-0.39, 0.29) is 12.7 Å². The summed E-state index contributed by atoms with van der Waals surface area (Å²) in [7, 11) is 0. The standard InChI is InChI=1S/C8H18O2/c1-7(2)10-8(3)5-4-6-9/h7-9H,4-6H2,1-3H3. The average molecular weight is 146 g/mol. The molecule has 1 atom stereocenters. The van der Waals surface area contributed by atoms with Crippen LogP contribution >= 0.6 is 0 Å². The number of ether oxygens (including phenoxy) is 1. The molecule has 1 unspecified atom stereocenters. The summed E-state index contributed by atoms with van der Waals surface area (Å²) in [5.74, 6) is 0. The van der Waals surface area contributed by atoms with Crippen LogP contribution in [0.2, 0.25) is 0 Å². The number of rotatable bonds is 5. The number of hydrogen-bond acceptors (Lipinski definition) is 2. The largest absolute Gasteiger partial charge is 0.396 e. The molecule has 0 amide bonds. The fourth-order valence-corrected chi connectivity index (χ4v) is 0.911. The van der Waals surface area contributed by atoms with Gasteiger partial charge in [0.2, 0.25) is 0 Å². The summed E-state index contributed by atoms with van der Waals surface area (Å²) < 4.78 is 5.44. The summed E-state index contributed by atoms with van der Waals surface area (Å²) >= 11 is 0. The first kappa shape index (κ1) is 9.92. The van der Waals surface area contributed by atoms with Crippen LogP contribution in [0.3, 0.4) is 0 Å². The third-order valence-electron chi connectivity index (χ3n) is 1.27. The highest BCUT2D eigenvalue weighted by Crippen LogP contribution is 2.03. The second-order valence-corrected chi connectivity index (χ2v) is 2.86. The topological polar surface area (TPSA) is 29.5 Å². The Morgan fingerprint density at radius 3 is 2.30 bits per heavy atom. The SMILES string of the molecule is CC(C)OC(C)CCCO. The van der Waals surface area contributed by atoms with Gasteiger partial charge in [0.25, 0.3) is 0 Å². The van der Waals surface area contributed by atoms with E-state index in [1.807, 2.05) is 20.8 Å². The first-order valence-corrected chi connectivity index (χ1v) is 3.93. The Morgan fingerprint density at radius 2 is 1.90 bits per heavy atom. The highest BCUT2D eigenvalue weighted by atomic mass is 16.5. The minimum Gasteiger partial charge on any atom is -0.396 e. The summed E-state index contributed by atoms with van der Waals surface area (Å²) in [6.07, 6.45) is 2.38. The van der Waals surface area contributed by atoms with Crippen LogP contribution in [-0.4, -0.2) is 23.9 Å². The van der Waals surface area contributed by atoms with Crippen molar-refractivity contribution in [3.63, 3.8) is 0 Å². The van der Waals surface area contributed by atoms with Gasteiger partial charge in [0.1, 0.15) is 0 Å². The smallest absolute Gasteiger partial charge is 0.0551 e. The molecule has 2 heteroatoms. The highest BCUT2D eigenvalue weighted by molar-refractivity contribution is 4.51. The van der Waals surface area contributed by atoms with Crippen LogP contribution in [0.4, 0.5) is 0 Å². The molecule has 0 aliphatic heterocycles. The van der Waals surface area contributed by atoms with Crippen LogP contribution in [0.15, 0.2) is 0 Å². The molecule has 0 aromatic heterocycles. The van der Waals surface area contributed by atoms with Crippen LogP contribution in [0.1, 0.15) is 33.6 Å². The Kier molecular flexibility index (Phi) is 5.64. The van der Waals surface area contributed by atoms with Crippen LogP contribution in [0.5, 0.6) is 0 Å². The zero-order chi connectivity index (χ0) is 7.98. The fourth-order valence-electron chi connectivity index (χ4n) is 0.911. The van der Waals surface area contributed by atoms with E-state index in [1.165, 1.54) is 0 Å². The second-order valence-electron chi connectivity index (χ2n) is 2.86. The Morgan fingerprint density at radius 1 is 1.30 bits per heavy atom. The van der Waals surface area contributed by atoms with E-state index in [2.05, 4.69) is 0 Å². The lowest BCUT2D eigenvalue weighted by atomic mass is 10.2. The maximum absolute atomic E-state index is 8.49. The van der Waals surface area contributed by atoms with Crippen LogP contribution in [0.25, 0.3) is 0 Å². The van der Waals surface area contributed by atoms with Crippen molar-refractivity contribution in [1.82, 2.24) is 0 Å². The van der Waals surface area contributed by atoms with Gasteiger partial charge in [-0.3, -0.25) is 0 Å². The number of hydrogen-bond donors (Lipinski definition) is 1. The van der Waals surface area contributed by atoms with Gasteiger partial charge in [-0.15, -0.1) is 0 Å². The van der Waals surface area contributed by atoms with Crippen molar-refractivity contribution in [3.05, 3.63) is 0 Å². The zero-order valence-corrected chi connectivity index (χ0v) is 7.13. The van der Waals surface area contributed by atoms with E-state index in [0.717, 1.165) is 12.8 Å². The molecule has 0 aliphatic carbocycles. The minimum atomic E-state index is 0.270. The second kappa shape index (κ2) is 5.69. The van der Waals surface area contributed by atoms with Crippen molar-refractivity contribution in [2.45, 2.75) is 45.8 Å². The molecule has 10 heavy (non-hydrogen) atoms.